The SMILES string of the molecule is O=C(O)CSc1nc(=O)ccn1-c1cc(Br)c(F)cc1F. The quantitative estimate of drug-likeness (QED) is 0.504. The van der Waals surface area contributed by atoms with Crippen molar-refractivity contribution in [2.45, 2.75) is 5.16 Å². The molecule has 1 aromatic heterocycles. The van der Waals surface area contributed by atoms with Gasteiger partial charge in [-0.15, -0.1) is 0 Å². The number of aromatic nitrogens is 2. The fourth-order valence-electron chi connectivity index (χ4n) is 1.50. The molecule has 0 unspecified atom stereocenters. The number of nitrogens with zero attached hydrogens (tertiary/aromatic N) is 2. The normalized spacial score (nSPS) is 10.6. The van der Waals surface area contributed by atoms with Gasteiger partial charge in [0.2, 0.25) is 0 Å². The number of benzene rings is 1. The summed E-state index contributed by atoms with van der Waals surface area (Å²) in [6.07, 6.45) is 1.25. The van der Waals surface area contributed by atoms with E-state index >= 15 is 0 Å². The fourth-order valence-corrected chi connectivity index (χ4v) is 2.53. The molecule has 0 bridgehead atoms. The monoisotopic (exact) mass is 376 g/mol. The van der Waals surface area contributed by atoms with Gasteiger partial charge in [0.05, 0.1) is 15.9 Å². The average molecular weight is 377 g/mol. The lowest BCUT2D eigenvalue weighted by atomic mass is 10.3. The van der Waals surface area contributed by atoms with Crippen molar-refractivity contribution in [3.05, 3.63) is 50.9 Å². The first-order valence-electron chi connectivity index (χ1n) is 5.47. The summed E-state index contributed by atoms with van der Waals surface area (Å²) >= 11 is 3.70. The van der Waals surface area contributed by atoms with E-state index in [1.165, 1.54) is 16.8 Å². The Hall–Kier alpha value is -1.74. The van der Waals surface area contributed by atoms with Gasteiger partial charge in [0.25, 0.3) is 5.56 Å². The highest BCUT2D eigenvalue weighted by molar-refractivity contribution is 9.10. The molecule has 0 fully saturated rings. The molecule has 5 nitrogen and oxygen atoms in total. The summed E-state index contributed by atoms with van der Waals surface area (Å²) < 4.78 is 28.4. The van der Waals surface area contributed by atoms with E-state index in [4.69, 9.17) is 5.11 Å². The molecule has 0 saturated heterocycles. The highest BCUT2D eigenvalue weighted by Gasteiger charge is 2.14. The van der Waals surface area contributed by atoms with Crippen LogP contribution in [0.2, 0.25) is 0 Å². The van der Waals surface area contributed by atoms with Crippen LogP contribution in [-0.4, -0.2) is 26.4 Å². The molecule has 2 rings (SSSR count). The zero-order valence-corrected chi connectivity index (χ0v) is 12.6. The van der Waals surface area contributed by atoms with Gasteiger partial charge in [-0.3, -0.25) is 14.2 Å². The number of hydrogen-bond acceptors (Lipinski definition) is 4. The van der Waals surface area contributed by atoms with Gasteiger partial charge in [-0.25, -0.2) is 8.78 Å². The second kappa shape index (κ2) is 6.35. The van der Waals surface area contributed by atoms with Crippen LogP contribution in [0.3, 0.4) is 0 Å². The van der Waals surface area contributed by atoms with E-state index in [9.17, 15) is 18.4 Å². The molecule has 0 aliphatic heterocycles. The molecule has 9 heteroatoms. The van der Waals surface area contributed by atoms with Gasteiger partial charge >= 0.3 is 5.97 Å². The van der Waals surface area contributed by atoms with Crippen LogP contribution in [0.1, 0.15) is 0 Å². The largest absolute Gasteiger partial charge is 0.481 e. The van der Waals surface area contributed by atoms with Crippen LogP contribution in [0.15, 0.2) is 38.8 Å². The first-order valence-corrected chi connectivity index (χ1v) is 7.25. The average Bonchev–Trinajstić information content (AvgIpc) is 2.41. The van der Waals surface area contributed by atoms with Gasteiger partial charge in [0.15, 0.2) is 5.16 Å². The summed E-state index contributed by atoms with van der Waals surface area (Å²) in [7, 11) is 0. The minimum absolute atomic E-state index is 0.00214. The maximum atomic E-state index is 13.9. The van der Waals surface area contributed by atoms with E-state index in [2.05, 4.69) is 20.9 Å². The summed E-state index contributed by atoms with van der Waals surface area (Å²) in [5, 5.41) is 8.68. The third kappa shape index (κ3) is 3.67. The topological polar surface area (TPSA) is 72.2 Å². The predicted molar refractivity (Wildman–Crippen MR) is 75.8 cm³/mol. The molecule has 0 amide bonds. The van der Waals surface area contributed by atoms with Crippen LogP contribution in [0.5, 0.6) is 0 Å². The van der Waals surface area contributed by atoms with E-state index in [1.54, 1.807) is 0 Å². The molecule has 1 N–H and O–H groups in total. The Bertz CT molecular complexity index is 767. The Morgan fingerprint density at radius 1 is 1.38 bits per heavy atom. The van der Waals surface area contributed by atoms with Gasteiger partial charge in [-0.2, -0.15) is 4.98 Å². The van der Waals surface area contributed by atoms with Crippen molar-refractivity contribution >= 4 is 33.7 Å². The summed E-state index contributed by atoms with van der Waals surface area (Å²) in [6.45, 7) is 0. The third-order valence-corrected chi connectivity index (χ3v) is 3.90. The molecule has 0 aliphatic rings. The molecule has 21 heavy (non-hydrogen) atoms. The molecule has 2 aromatic rings. The Labute approximate surface area is 129 Å². The first-order chi connectivity index (χ1) is 9.88. The number of carbonyl (C=O) groups is 1. The minimum atomic E-state index is -1.11. The Morgan fingerprint density at radius 2 is 2.10 bits per heavy atom. The van der Waals surface area contributed by atoms with Gasteiger partial charge in [0.1, 0.15) is 11.6 Å². The number of rotatable bonds is 4. The van der Waals surface area contributed by atoms with E-state index in [0.29, 0.717) is 6.07 Å². The zero-order chi connectivity index (χ0) is 15.6. The van der Waals surface area contributed by atoms with Crippen molar-refractivity contribution < 1.29 is 18.7 Å². The second-order valence-corrected chi connectivity index (χ2v) is 5.62. The van der Waals surface area contributed by atoms with Crippen LogP contribution < -0.4 is 5.56 Å². The van der Waals surface area contributed by atoms with Gasteiger partial charge in [-0.05, 0) is 22.0 Å². The second-order valence-electron chi connectivity index (χ2n) is 3.82. The van der Waals surface area contributed by atoms with Crippen molar-refractivity contribution in [2.24, 2.45) is 0 Å². The van der Waals surface area contributed by atoms with Crippen LogP contribution in [-0.2, 0) is 4.79 Å². The highest BCUT2D eigenvalue weighted by atomic mass is 79.9. The zero-order valence-electron chi connectivity index (χ0n) is 10.2. The lowest BCUT2D eigenvalue weighted by molar-refractivity contribution is -0.133. The Kier molecular flexibility index (Phi) is 4.73. The number of carboxylic acid groups (broad SMARTS) is 1. The molecular formula is C12H7BrF2N2O3S. The molecule has 0 spiro atoms. The maximum Gasteiger partial charge on any atom is 0.313 e. The minimum Gasteiger partial charge on any atom is -0.481 e. The van der Waals surface area contributed by atoms with Crippen LogP contribution >= 0.6 is 27.7 Å². The molecule has 0 atom stereocenters. The Balaban J connectivity index is 2.55. The van der Waals surface area contributed by atoms with Crippen LogP contribution in [0.4, 0.5) is 8.78 Å². The lowest BCUT2D eigenvalue weighted by Gasteiger charge is -2.12. The molecular weight excluding hydrogens is 370 g/mol. The molecule has 0 saturated carbocycles. The van der Waals surface area contributed by atoms with Crippen LogP contribution in [0.25, 0.3) is 5.69 Å². The van der Waals surface area contributed by atoms with E-state index < -0.39 is 23.2 Å². The summed E-state index contributed by atoms with van der Waals surface area (Å²) in [6, 6.07) is 2.96. The van der Waals surface area contributed by atoms with Crippen molar-refractivity contribution in [3.63, 3.8) is 0 Å². The maximum absolute atomic E-state index is 13.9. The number of thioether (sulfide) groups is 1. The van der Waals surface area contributed by atoms with E-state index in [-0.39, 0.29) is 21.1 Å². The molecule has 1 heterocycles. The van der Waals surface area contributed by atoms with Crippen molar-refractivity contribution in [1.82, 2.24) is 9.55 Å². The summed E-state index contributed by atoms with van der Waals surface area (Å²) in [5.41, 5.74) is -0.635. The third-order valence-electron chi connectivity index (χ3n) is 2.35. The van der Waals surface area contributed by atoms with E-state index in [0.717, 1.165) is 17.8 Å². The molecule has 0 aliphatic carbocycles. The first kappa shape index (κ1) is 15.6. The highest BCUT2D eigenvalue weighted by Crippen LogP contribution is 2.25. The number of halogens is 3. The molecule has 1 aromatic carbocycles. The summed E-state index contributed by atoms with van der Waals surface area (Å²) in [5.74, 6) is -3.09. The van der Waals surface area contributed by atoms with Crippen LogP contribution in [0, 0.1) is 11.6 Å². The van der Waals surface area contributed by atoms with Gasteiger partial charge in [-0.1, -0.05) is 11.8 Å². The van der Waals surface area contributed by atoms with Crippen molar-refractivity contribution in [3.8, 4) is 5.69 Å². The smallest absolute Gasteiger partial charge is 0.313 e. The van der Waals surface area contributed by atoms with Crippen molar-refractivity contribution in [2.75, 3.05) is 5.75 Å². The number of aliphatic carboxylic acids is 1. The standard InChI is InChI=1S/C12H7BrF2N2O3S/c13-6-3-9(8(15)4-7(6)14)17-2-1-10(18)16-12(17)21-5-11(19)20/h1-4H,5H2,(H,19,20). The fraction of sp³-hybridized carbons (Fsp3) is 0.0833. The van der Waals surface area contributed by atoms with Gasteiger partial charge in [0, 0.05) is 18.3 Å². The lowest BCUT2D eigenvalue weighted by Crippen LogP contribution is -2.14. The number of hydrogen-bond donors (Lipinski definition) is 1. The predicted octanol–water partition coefficient (Wildman–Crippen LogP) is 2.45. The molecule has 110 valence electrons. The van der Waals surface area contributed by atoms with Gasteiger partial charge < -0.3 is 5.11 Å². The molecule has 0 radical (unpaired) electrons. The van der Waals surface area contributed by atoms with Crippen molar-refractivity contribution in [1.29, 1.82) is 0 Å². The Morgan fingerprint density at radius 3 is 2.76 bits per heavy atom. The summed E-state index contributed by atoms with van der Waals surface area (Å²) in [4.78, 5) is 25.5. The number of carboxylic acids is 1. The van der Waals surface area contributed by atoms with E-state index in [1.807, 2.05) is 0 Å².